The molecule has 2 unspecified atom stereocenters. The Morgan fingerprint density at radius 2 is 2.50 bits per heavy atom. The van der Waals surface area contributed by atoms with E-state index in [-0.39, 0.29) is 6.10 Å². The third-order valence-corrected chi connectivity index (χ3v) is 2.04. The predicted octanol–water partition coefficient (Wildman–Crippen LogP) is 0.947. The SMILES string of the molecule is C=CC1CCCOS(=O)O1. The zero-order valence-corrected chi connectivity index (χ0v) is 6.43. The van der Waals surface area contributed by atoms with Crippen LogP contribution in [0.15, 0.2) is 12.7 Å². The summed E-state index contributed by atoms with van der Waals surface area (Å²) in [5.41, 5.74) is 0. The van der Waals surface area contributed by atoms with Crippen LogP contribution < -0.4 is 0 Å². The monoisotopic (exact) mass is 162 g/mol. The third-order valence-electron chi connectivity index (χ3n) is 1.28. The van der Waals surface area contributed by atoms with Crippen LogP contribution in [0, 0.1) is 0 Å². The molecule has 1 aliphatic rings. The summed E-state index contributed by atoms with van der Waals surface area (Å²) >= 11 is -1.56. The van der Waals surface area contributed by atoms with Gasteiger partial charge in [-0.15, -0.1) is 6.58 Å². The largest absolute Gasteiger partial charge is 0.305 e. The van der Waals surface area contributed by atoms with Gasteiger partial charge in [0, 0.05) is 0 Å². The van der Waals surface area contributed by atoms with Gasteiger partial charge in [0.1, 0.15) is 0 Å². The van der Waals surface area contributed by atoms with E-state index in [9.17, 15) is 4.21 Å². The van der Waals surface area contributed by atoms with Crippen LogP contribution in [0.1, 0.15) is 12.8 Å². The van der Waals surface area contributed by atoms with Crippen LogP contribution in [0.5, 0.6) is 0 Å². The maximum atomic E-state index is 10.7. The van der Waals surface area contributed by atoms with Gasteiger partial charge in [0.15, 0.2) is 0 Å². The average molecular weight is 162 g/mol. The minimum Gasteiger partial charge on any atom is -0.268 e. The lowest BCUT2D eigenvalue weighted by Crippen LogP contribution is -2.08. The van der Waals surface area contributed by atoms with E-state index in [1.165, 1.54) is 0 Å². The molecule has 0 bridgehead atoms. The maximum Gasteiger partial charge on any atom is 0.305 e. The average Bonchev–Trinajstić information content (AvgIpc) is 2.13. The van der Waals surface area contributed by atoms with Gasteiger partial charge in [0.2, 0.25) is 0 Å². The van der Waals surface area contributed by atoms with Crippen LogP contribution >= 0.6 is 0 Å². The number of hydrogen-bond acceptors (Lipinski definition) is 3. The first-order valence-electron chi connectivity index (χ1n) is 3.17. The fourth-order valence-electron chi connectivity index (χ4n) is 0.745. The van der Waals surface area contributed by atoms with Gasteiger partial charge in [-0.2, -0.15) is 4.21 Å². The Morgan fingerprint density at radius 1 is 1.70 bits per heavy atom. The maximum absolute atomic E-state index is 10.7. The summed E-state index contributed by atoms with van der Waals surface area (Å²) in [6.45, 7) is 4.06. The molecule has 4 heteroatoms. The molecule has 0 amide bonds. The van der Waals surface area contributed by atoms with Gasteiger partial charge in [0.05, 0.1) is 12.7 Å². The fraction of sp³-hybridized carbons (Fsp3) is 0.667. The first kappa shape index (κ1) is 7.91. The van der Waals surface area contributed by atoms with Crippen molar-refractivity contribution in [3.05, 3.63) is 12.7 Å². The van der Waals surface area contributed by atoms with E-state index in [0.717, 1.165) is 12.8 Å². The van der Waals surface area contributed by atoms with E-state index >= 15 is 0 Å². The summed E-state index contributed by atoms with van der Waals surface area (Å²) in [7, 11) is 0. The molecule has 1 heterocycles. The van der Waals surface area contributed by atoms with Crippen molar-refractivity contribution in [2.24, 2.45) is 0 Å². The van der Waals surface area contributed by atoms with Crippen LogP contribution in [-0.4, -0.2) is 16.9 Å². The second-order valence-corrected chi connectivity index (χ2v) is 2.88. The second-order valence-electron chi connectivity index (χ2n) is 2.04. The molecule has 58 valence electrons. The molecule has 0 aromatic rings. The predicted molar refractivity (Wildman–Crippen MR) is 38.4 cm³/mol. The normalized spacial score (nSPS) is 34.8. The molecule has 0 aromatic carbocycles. The molecule has 1 rings (SSSR count). The van der Waals surface area contributed by atoms with Crippen molar-refractivity contribution in [1.29, 1.82) is 0 Å². The van der Waals surface area contributed by atoms with Crippen LogP contribution in [0.3, 0.4) is 0 Å². The summed E-state index contributed by atoms with van der Waals surface area (Å²) in [6.07, 6.45) is 3.26. The van der Waals surface area contributed by atoms with Crippen molar-refractivity contribution < 1.29 is 12.6 Å². The zero-order valence-electron chi connectivity index (χ0n) is 5.62. The Bertz CT molecular complexity index is 146. The Kier molecular flexibility index (Phi) is 3.05. The molecule has 10 heavy (non-hydrogen) atoms. The van der Waals surface area contributed by atoms with Gasteiger partial charge in [0.25, 0.3) is 0 Å². The molecule has 2 atom stereocenters. The third kappa shape index (κ3) is 2.21. The van der Waals surface area contributed by atoms with Gasteiger partial charge < -0.3 is 0 Å². The Morgan fingerprint density at radius 3 is 3.20 bits per heavy atom. The van der Waals surface area contributed by atoms with E-state index in [0.29, 0.717) is 6.61 Å². The molecule has 1 aliphatic heterocycles. The molecule has 1 saturated heterocycles. The molecule has 3 nitrogen and oxygen atoms in total. The van der Waals surface area contributed by atoms with Crippen LogP contribution in [-0.2, 0) is 19.7 Å². The summed E-state index contributed by atoms with van der Waals surface area (Å²) < 4.78 is 20.3. The van der Waals surface area contributed by atoms with Crippen molar-refractivity contribution in [2.75, 3.05) is 6.61 Å². The minimum absolute atomic E-state index is 0.108. The van der Waals surface area contributed by atoms with E-state index in [1.54, 1.807) is 6.08 Å². The van der Waals surface area contributed by atoms with Crippen molar-refractivity contribution >= 4 is 11.4 Å². The highest BCUT2D eigenvalue weighted by Gasteiger charge is 2.14. The van der Waals surface area contributed by atoms with Gasteiger partial charge in [-0.3, -0.25) is 8.37 Å². The van der Waals surface area contributed by atoms with Gasteiger partial charge in [-0.25, -0.2) is 0 Å². The summed E-state index contributed by atoms with van der Waals surface area (Å²) in [6, 6.07) is 0. The molecular formula is C6H10O3S. The van der Waals surface area contributed by atoms with Crippen LogP contribution in [0.25, 0.3) is 0 Å². The van der Waals surface area contributed by atoms with Crippen molar-refractivity contribution in [3.63, 3.8) is 0 Å². The highest BCUT2D eigenvalue weighted by Crippen LogP contribution is 2.11. The highest BCUT2D eigenvalue weighted by atomic mass is 32.2. The summed E-state index contributed by atoms with van der Waals surface area (Å²) in [5, 5.41) is 0. The molecule has 0 N–H and O–H groups in total. The van der Waals surface area contributed by atoms with Gasteiger partial charge in [-0.1, -0.05) is 6.08 Å². The van der Waals surface area contributed by atoms with E-state index in [2.05, 4.69) is 6.58 Å². The lowest BCUT2D eigenvalue weighted by Gasteiger charge is -2.04. The van der Waals surface area contributed by atoms with Crippen LogP contribution in [0.4, 0.5) is 0 Å². The highest BCUT2D eigenvalue weighted by molar-refractivity contribution is 7.75. The van der Waals surface area contributed by atoms with Crippen molar-refractivity contribution in [3.8, 4) is 0 Å². The lowest BCUT2D eigenvalue weighted by molar-refractivity contribution is 0.248. The van der Waals surface area contributed by atoms with Gasteiger partial charge >= 0.3 is 11.4 Å². The molecule has 0 spiro atoms. The van der Waals surface area contributed by atoms with E-state index in [1.807, 2.05) is 0 Å². The lowest BCUT2D eigenvalue weighted by atomic mass is 10.2. The summed E-state index contributed by atoms with van der Waals surface area (Å²) in [5.74, 6) is 0. The smallest absolute Gasteiger partial charge is 0.268 e. The zero-order chi connectivity index (χ0) is 7.40. The van der Waals surface area contributed by atoms with Gasteiger partial charge in [-0.05, 0) is 12.8 Å². The molecule has 0 aromatic heterocycles. The Hall–Kier alpha value is -0.190. The quantitative estimate of drug-likeness (QED) is 0.538. The van der Waals surface area contributed by atoms with Crippen molar-refractivity contribution in [2.45, 2.75) is 18.9 Å². The second kappa shape index (κ2) is 3.85. The Labute approximate surface area is 62.9 Å². The standard InChI is InChI=1S/C6H10O3S/c1-2-6-4-3-5-8-10(7)9-6/h2,6H,1,3-5H2. The molecule has 0 radical (unpaired) electrons. The van der Waals surface area contributed by atoms with E-state index < -0.39 is 11.4 Å². The number of rotatable bonds is 1. The van der Waals surface area contributed by atoms with E-state index in [4.69, 9.17) is 8.37 Å². The Balaban J connectivity index is 2.45. The van der Waals surface area contributed by atoms with Crippen LogP contribution in [0.2, 0.25) is 0 Å². The first-order chi connectivity index (χ1) is 4.83. The molecule has 0 saturated carbocycles. The molecule has 0 aliphatic carbocycles. The first-order valence-corrected chi connectivity index (χ1v) is 4.17. The van der Waals surface area contributed by atoms with Crippen molar-refractivity contribution in [1.82, 2.24) is 0 Å². The molecule has 1 fully saturated rings. The topological polar surface area (TPSA) is 35.5 Å². The molecular weight excluding hydrogens is 152 g/mol. The minimum atomic E-state index is -1.56. The summed E-state index contributed by atoms with van der Waals surface area (Å²) in [4.78, 5) is 0. The number of hydrogen-bond donors (Lipinski definition) is 0. The fourth-order valence-corrected chi connectivity index (χ4v) is 1.43.